The average Bonchev–Trinajstić information content (AvgIpc) is 1.59. The van der Waals surface area contributed by atoms with Crippen molar-refractivity contribution in [1.29, 1.82) is 0 Å². The Morgan fingerprint density at radius 2 is 1.27 bits per heavy atom. The Labute approximate surface area is 793 Å². The van der Waals surface area contributed by atoms with Crippen LogP contribution in [0.25, 0.3) is 5.57 Å². The minimum atomic E-state index is -4.64. The number of Topliss-reactive ketones (excluding diaryl/α,β-unsaturated/α-hetero) is 3. The summed E-state index contributed by atoms with van der Waals surface area (Å²) in [5.41, 5.74) is 13.8. The van der Waals surface area contributed by atoms with Crippen molar-refractivity contribution in [2.75, 3.05) is 70.8 Å². The van der Waals surface area contributed by atoms with Gasteiger partial charge >= 0.3 is 30.0 Å². The number of rotatable bonds is 46. The van der Waals surface area contributed by atoms with E-state index >= 15 is 0 Å². The number of nitrogens with zero attached hydrogens (tertiary/aromatic N) is 4. The number of carboxylic acid groups (broad SMARTS) is 3. The number of nitrogens with two attached hydrogens (primary N) is 1. The first-order valence-electron chi connectivity index (χ1n) is 46.0. The molecule has 0 saturated heterocycles. The zero-order valence-electron chi connectivity index (χ0n) is 78.0. The SMILES string of the molecule is Cc1ccc2c(c1)C(C)(C)C(/C=C/C1=C(c3ccc(C(=O)NCCCC[C@H](NC(=O)C(CC(=O)O)CC(=O)C(CCCNC(N)=O)NC(=O)C(CCC(=O)O)CC(=O)c4cccc(NC(=O)N[C@@H]5CN(C6CCCCC6)c6ccccc6N(CC(=O)C(C)(C)C)C5=O)c4)C(=O)O)cc3)C(=C/C=C3/N(CCCCS(=O)(=O)O)c4ccc(S(=O)(=O)O)cc4C3(C)C)/CCC1)=[N+]2CCCCS(=O)(=O)O. The quantitative estimate of drug-likeness (QED) is 0.00745. The normalized spacial score (nSPS) is 17.7. The smallest absolute Gasteiger partial charge is 0.326 e. The van der Waals surface area contributed by atoms with Crippen molar-refractivity contribution < 1.29 is 116 Å². The number of benzene rings is 5. The molecule has 3 unspecified atom stereocenters. The Morgan fingerprint density at radius 3 is 1.93 bits per heavy atom. The molecule has 5 aromatic rings. The molecule has 0 radical (unpaired) electrons. The third kappa shape index (κ3) is 28.8. The second-order valence-electron chi connectivity index (χ2n) is 37.6. The number of primary amides is 1. The van der Waals surface area contributed by atoms with Crippen LogP contribution >= 0.6 is 0 Å². The summed E-state index contributed by atoms with van der Waals surface area (Å²) in [5.74, 6) is -13.6. The molecular formula is C98H126N11O24S3+. The van der Waals surface area contributed by atoms with Crippen LogP contribution < -0.4 is 52.3 Å². The highest BCUT2D eigenvalue weighted by Crippen LogP contribution is 2.50. The number of amides is 8. The van der Waals surface area contributed by atoms with Crippen LogP contribution in [0.3, 0.4) is 0 Å². The zero-order chi connectivity index (χ0) is 99.5. The van der Waals surface area contributed by atoms with E-state index < -0.39 is 185 Å². The number of unbranched alkanes of at least 4 members (excludes halogenated alkanes) is 3. The van der Waals surface area contributed by atoms with Crippen LogP contribution in [0.5, 0.6) is 0 Å². The number of para-hydroxylation sites is 2. The summed E-state index contributed by atoms with van der Waals surface area (Å²) < 4.78 is 104. The monoisotopic (exact) mass is 1940 g/mol. The molecule has 8 amide bonds. The van der Waals surface area contributed by atoms with E-state index in [9.17, 15) is 112 Å². The summed E-state index contributed by atoms with van der Waals surface area (Å²) in [4.78, 5) is 168. The molecule has 734 valence electrons. The molecule has 3 aliphatic heterocycles. The summed E-state index contributed by atoms with van der Waals surface area (Å²) in [5, 5.41) is 46.0. The lowest BCUT2D eigenvalue weighted by Gasteiger charge is -2.37. The van der Waals surface area contributed by atoms with Gasteiger partial charge in [-0.3, -0.25) is 56.8 Å². The standard InChI is InChI=1S/C98H125N11O24S3/c1-61-33-42-77-72(53-61)97(5,6)83(106(77)49-16-18-51-134(125,126)127)44-38-62-23-20-24-63(39-45-84-98(7,8)73-58-71(136(131,132)133)41-43-78(73)107(84)50-17-19-52-135(128,129)130)88(62)64-34-36-65(37-35-64)89(117)100-47-15-14-29-75(93(121)122)104-91(119)68(57-87(115)116)56-82(111)74(30-22-48-101-94(99)123)103-90(118)67(40-46-86(113)114)55-81(110)66-25-21-26-69(54-66)102-95(124)105-76-59-108(70-27-10-9-11-28-70)79-31-12-13-32-80(79)109(92(76)120)60-85(112)96(2,3)4/h12-13,21,25-26,31-39,41-45,53-54,58,67-68,70,74-76H,9-11,14-20,22-24,27-30,40,46-52,55-57,59-60H2,1-8H3,(H13-,99,100,101,102,103,104,105,113,114,115,116,117,118,119,121,122,123,124,125,126,127,128,129,130,131,132,133)/p+1/t67?,68?,74?,75-,76+/m0/s1. The number of aryl methyl sites for hydroxylation is 1. The van der Waals surface area contributed by atoms with Crippen LogP contribution in [0.15, 0.2) is 155 Å². The van der Waals surface area contributed by atoms with Crippen molar-refractivity contribution in [3.63, 3.8) is 0 Å². The Morgan fingerprint density at radius 1 is 0.610 bits per heavy atom. The lowest BCUT2D eigenvalue weighted by atomic mass is 9.79. The number of allylic oxidation sites excluding steroid dienone is 8. The Balaban J connectivity index is 0.817. The molecule has 5 aromatic carbocycles. The van der Waals surface area contributed by atoms with Crippen LogP contribution in [-0.2, 0) is 79.5 Å². The fraction of sp³-hybridized carbons (Fsp3) is 0.480. The van der Waals surface area contributed by atoms with E-state index in [4.69, 9.17) is 5.73 Å². The molecule has 14 N–H and O–H groups in total. The number of ketones is 3. The van der Waals surface area contributed by atoms with Crippen LogP contribution in [0.1, 0.15) is 233 Å². The van der Waals surface area contributed by atoms with Crippen molar-refractivity contribution in [2.24, 2.45) is 23.0 Å². The number of nitrogens with one attached hydrogen (secondary N) is 6. The van der Waals surface area contributed by atoms with Crippen LogP contribution in [0.4, 0.5) is 38.0 Å². The third-order valence-corrected chi connectivity index (χ3v) is 28.2. The number of hydrogen-bond acceptors (Lipinski definition) is 20. The van der Waals surface area contributed by atoms with E-state index in [0.29, 0.717) is 61.3 Å². The molecule has 0 bridgehead atoms. The molecule has 3 heterocycles. The lowest BCUT2D eigenvalue weighted by Crippen LogP contribution is -2.55. The molecule has 136 heavy (non-hydrogen) atoms. The van der Waals surface area contributed by atoms with Gasteiger partial charge in [0.1, 0.15) is 18.6 Å². The second kappa shape index (κ2) is 46.2. The summed E-state index contributed by atoms with van der Waals surface area (Å²) in [6.07, 6.45) is 11.6. The van der Waals surface area contributed by atoms with E-state index in [2.05, 4.69) is 73.4 Å². The number of urea groups is 2. The van der Waals surface area contributed by atoms with Gasteiger partial charge in [-0.15, -0.1) is 0 Å². The first-order valence-corrected chi connectivity index (χ1v) is 50.7. The first-order chi connectivity index (χ1) is 64.0. The maximum atomic E-state index is 14.7. The Bertz CT molecular complexity index is 5910. The van der Waals surface area contributed by atoms with Gasteiger partial charge in [0.05, 0.1) is 58.1 Å². The van der Waals surface area contributed by atoms with Gasteiger partial charge in [-0.1, -0.05) is 114 Å². The minimum Gasteiger partial charge on any atom is -0.481 e. The average molecular weight is 1940 g/mol. The maximum absolute atomic E-state index is 14.7. The van der Waals surface area contributed by atoms with Crippen LogP contribution in [-0.4, -0.2) is 210 Å². The topological polar surface area (TPSA) is 540 Å². The van der Waals surface area contributed by atoms with Crippen LogP contribution in [0.2, 0.25) is 0 Å². The van der Waals surface area contributed by atoms with Gasteiger partial charge in [-0.05, 0) is 205 Å². The highest BCUT2D eigenvalue weighted by molar-refractivity contribution is 7.86. The molecule has 0 aromatic heterocycles. The van der Waals surface area contributed by atoms with Gasteiger partial charge in [-0.2, -0.15) is 29.8 Å². The maximum Gasteiger partial charge on any atom is 0.326 e. The van der Waals surface area contributed by atoms with Gasteiger partial charge in [0.15, 0.2) is 23.1 Å². The van der Waals surface area contributed by atoms with Crippen molar-refractivity contribution in [1.82, 2.24) is 26.6 Å². The number of fused-ring (bicyclic) bond motifs is 3. The molecule has 2 aliphatic carbocycles. The van der Waals surface area contributed by atoms with Gasteiger partial charge < -0.3 is 67.7 Å². The highest BCUT2D eigenvalue weighted by atomic mass is 32.2. The van der Waals surface area contributed by atoms with Gasteiger partial charge in [-0.25, -0.2) is 14.4 Å². The molecule has 38 heteroatoms. The van der Waals surface area contributed by atoms with E-state index in [1.807, 2.05) is 62.1 Å². The number of carboxylic acids is 3. The van der Waals surface area contributed by atoms with Crippen molar-refractivity contribution in [3.05, 3.63) is 184 Å². The number of carbonyl (C=O) groups excluding carboxylic acids is 9. The molecule has 5 aliphatic rings. The van der Waals surface area contributed by atoms with Crippen molar-refractivity contribution in [3.8, 4) is 0 Å². The van der Waals surface area contributed by atoms with E-state index in [1.54, 1.807) is 63.2 Å². The molecule has 10 rings (SSSR count). The third-order valence-electron chi connectivity index (χ3n) is 25.7. The fourth-order valence-electron chi connectivity index (χ4n) is 18.3. The highest BCUT2D eigenvalue weighted by Gasteiger charge is 2.46. The van der Waals surface area contributed by atoms with E-state index in [-0.39, 0.29) is 111 Å². The summed E-state index contributed by atoms with van der Waals surface area (Å²) in [6.45, 7) is 15.7. The molecular weight excluding hydrogens is 1810 g/mol. The largest absolute Gasteiger partial charge is 0.481 e. The fourth-order valence-corrected chi connectivity index (χ4v) is 20.0. The van der Waals surface area contributed by atoms with Gasteiger partial charge in [0.2, 0.25) is 17.5 Å². The van der Waals surface area contributed by atoms with Crippen LogP contribution in [0, 0.1) is 24.2 Å². The van der Waals surface area contributed by atoms with Crippen molar-refractivity contribution >= 4 is 141 Å². The Hall–Kier alpha value is -12.1. The molecule has 1 saturated carbocycles. The molecule has 35 nitrogen and oxygen atoms in total. The summed E-state index contributed by atoms with van der Waals surface area (Å²) in [7, 11) is -13.1. The minimum absolute atomic E-state index is 0.00765. The predicted octanol–water partition coefficient (Wildman–Crippen LogP) is 12.3. The number of anilines is 4. The first kappa shape index (κ1) is 106. The zero-order valence-corrected chi connectivity index (χ0v) is 80.5. The number of hydrogen-bond donors (Lipinski definition) is 13. The Kier molecular flexibility index (Phi) is 36.0. The second-order valence-corrected chi connectivity index (χ2v) is 42.2. The number of aliphatic carboxylic acids is 3. The predicted molar refractivity (Wildman–Crippen MR) is 513 cm³/mol. The summed E-state index contributed by atoms with van der Waals surface area (Å²) in [6, 6.07) is 24.1. The lowest BCUT2D eigenvalue weighted by molar-refractivity contribution is -0.438. The van der Waals surface area contributed by atoms with E-state index in [0.717, 1.165) is 82.6 Å². The number of carbonyl (C=O) groups is 12. The van der Waals surface area contributed by atoms with Crippen molar-refractivity contribution in [2.45, 2.75) is 237 Å². The molecule has 5 atom stereocenters. The van der Waals surface area contributed by atoms with Gasteiger partial charge in [0, 0.05) is 121 Å². The molecule has 1 fully saturated rings. The van der Waals surface area contributed by atoms with E-state index in [1.165, 1.54) is 41.3 Å². The molecule has 0 spiro atoms. The summed E-state index contributed by atoms with van der Waals surface area (Å²) >= 11 is 0. The van der Waals surface area contributed by atoms with Gasteiger partial charge in [0.25, 0.3) is 42.2 Å².